The van der Waals surface area contributed by atoms with Crippen LogP contribution in [-0.4, -0.2) is 36.6 Å². The van der Waals surface area contributed by atoms with Crippen molar-refractivity contribution < 1.29 is 24.2 Å². The largest absolute Gasteiger partial charge is 0.491 e. The van der Waals surface area contributed by atoms with Gasteiger partial charge in [0.2, 0.25) is 5.91 Å². The zero-order valence-corrected chi connectivity index (χ0v) is 21.5. The number of amides is 2. The Labute approximate surface area is 220 Å². The van der Waals surface area contributed by atoms with E-state index in [4.69, 9.17) is 20.3 Å². The monoisotopic (exact) mass is 521 g/mol. The van der Waals surface area contributed by atoms with Crippen molar-refractivity contribution in [3.63, 3.8) is 0 Å². The van der Waals surface area contributed by atoms with Crippen molar-refractivity contribution in [2.24, 2.45) is 5.92 Å². The average Bonchev–Trinajstić information content (AvgIpc) is 2.91. The minimum absolute atomic E-state index is 0.123. The van der Waals surface area contributed by atoms with E-state index >= 15 is 0 Å². The molecule has 0 spiro atoms. The van der Waals surface area contributed by atoms with Crippen LogP contribution in [0.2, 0.25) is 0 Å². The minimum atomic E-state index is -0.728. The SMILES string of the molecule is CSc1ccc(NC(=O)O[C@H](c2cccc(OCCO)c2)[C@@H](C)/C=C/C(=O)Nc2ccccc2N)cc1. The number of aliphatic hydroxyl groups excluding tert-OH is 1. The van der Waals surface area contributed by atoms with Crippen molar-refractivity contribution >= 4 is 40.8 Å². The topological polar surface area (TPSA) is 123 Å². The van der Waals surface area contributed by atoms with Crippen LogP contribution >= 0.6 is 11.8 Å². The lowest BCUT2D eigenvalue weighted by Gasteiger charge is -2.23. The molecule has 0 saturated carbocycles. The Morgan fingerprint density at radius 2 is 1.81 bits per heavy atom. The number of carbonyl (C=O) groups excluding carboxylic acids is 2. The number of nitrogen functional groups attached to an aromatic ring is 1. The molecule has 194 valence electrons. The summed E-state index contributed by atoms with van der Waals surface area (Å²) in [4.78, 5) is 26.4. The first-order valence-electron chi connectivity index (χ1n) is 11.7. The van der Waals surface area contributed by atoms with Gasteiger partial charge in [-0.15, -0.1) is 11.8 Å². The quantitative estimate of drug-likeness (QED) is 0.150. The molecule has 9 heteroatoms. The van der Waals surface area contributed by atoms with Gasteiger partial charge in [-0.25, -0.2) is 4.79 Å². The molecule has 0 radical (unpaired) electrons. The number of hydrogen-bond donors (Lipinski definition) is 4. The van der Waals surface area contributed by atoms with Crippen LogP contribution in [-0.2, 0) is 9.53 Å². The summed E-state index contributed by atoms with van der Waals surface area (Å²) >= 11 is 1.61. The molecule has 3 rings (SSSR count). The number of benzene rings is 3. The number of carbonyl (C=O) groups is 2. The maximum absolute atomic E-state index is 12.8. The van der Waals surface area contributed by atoms with Crippen LogP contribution in [0.3, 0.4) is 0 Å². The fourth-order valence-corrected chi connectivity index (χ4v) is 3.89. The predicted octanol–water partition coefficient (Wildman–Crippen LogP) is 5.48. The Morgan fingerprint density at radius 1 is 1.05 bits per heavy atom. The second kappa shape index (κ2) is 14.0. The standard InChI is InChI=1S/C28H31N3O5S/c1-19(10-15-26(33)31-25-9-4-3-8-24(25)29)27(20-6-5-7-22(18-20)35-17-16-32)36-28(34)30-21-11-13-23(37-2)14-12-21/h3-15,18-19,27,32H,16-17,29H2,1-2H3,(H,30,34)(H,31,33)/b15-10+/t19-,27-/m0/s1. The van der Waals surface area contributed by atoms with E-state index in [0.29, 0.717) is 28.4 Å². The zero-order chi connectivity index (χ0) is 26.6. The van der Waals surface area contributed by atoms with E-state index in [1.165, 1.54) is 6.08 Å². The second-order valence-corrected chi connectivity index (χ2v) is 9.00. The first-order chi connectivity index (χ1) is 17.9. The minimum Gasteiger partial charge on any atom is -0.491 e. The third-order valence-corrected chi connectivity index (χ3v) is 6.11. The molecule has 0 aromatic heterocycles. The van der Waals surface area contributed by atoms with Crippen molar-refractivity contribution in [1.29, 1.82) is 0 Å². The van der Waals surface area contributed by atoms with Gasteiger partial charge in [-0.1, -0.05) is 37.3 Å². The number of thioether (sulfide) groups is 1. The number of nitrogens with two attached hydrogens (primary N) is 1. The van der Waals surface area contributed by atoms with Crippen molar-refractivity contribution in [3.8, 4) is 5.75 Å². The smallest absolute Gasteiger partial charge is 0.412 e. The van der Waals surface area contributed by atoms with E-state index in [9.17, 15) is 9.59 Å². The van der Waals surface area contributed by atoms with Crippen LogP contribution in [0.15, 0.2) is 89.8 Å². The van der Waals surface area contributed by atoms with Gasteiger partial charge in [-0.2, -0.15) is 0 Å². The number of anilines is 3. The van der Waals surface area contributed by atoms with Crippen LogP contribution in [0.1, 0.15) is 18.6 Å². The molecule has 8 nitrogen and oxygen atoms in total. The van der Waals surface area contributed by atoms with Gasteiger partial charge < -0.3 is 25.6 Å². The molecule has 0 aliphatic heterocycles. The summed E-state index contributed by atoms with van der Waals surface area (Å²) in [5, 5.41) is 14.6. The summed E-state index contributed by atoms with van der Waals surface area (Å²) < 4.78 is 11.3. The molecule has 0 unspecified atom stereocenters. The molecule has 37 heavy (non-hydrogen) atoms. The lowest BCUT2D eigenvalue weighted by atomic mass is 9.96. The fraction of sp³-hybridized carbons (Fsp3) is 0.214. The number of ether oxygens (including phenoxy) is 2. The lowest BCUT2D eigenvalue weighted by Crippen LogP contribution is -2.21. The highest BCUT2D eigenvalue weighted by Crippen LogP contribution is 2.30. The van der Waals surface area contributed by atoms with Crippen molar-refractivity contribution in [3.05, 3.63) is 90.5 Å². The number of hydrogen-bond acceptors (Lipinski definition) is 7. The summed E-state index contributed by atoms with van der Waals surface area (Å²) in [6, 6.07) is 21.5. The molecule has 3 aromatic carbocycles. The van der Waals surface area contributed by atoms with E-state index in [-0.39, 0.29) is 25.0 Å². The van der Waals surface area contributed by atoms with Crippen LogP contribution < -0.4 is 21.1 Å². The van der Waals surface area contributed by atoms with Gasteiger partial charge in [0.1, 0.15) is 18.5 Å². The Morgan fingerprint density at radius 3 is 2.51 bits per heavy atom. The number of aliphatic hydroxyl groups is 1. The van der Waals surface area contributed by atoms with Gasteiger partial charge in [0.05, 0.1) is 18.0 Å². The van der Waals surface area contributed by atoms with E-state index in [1.807, 2.05) is 31.4 Å². The van der Waals surface area contributed by atoms with E-state index < -0.39 is 12.2 Å². The van der Waals surface area contributed by atoms with Gasteiger partial charge in [0.15, 0.2) is 0 Å². The van der Waals surface area contributed by atoms with Crippen LogP contribution in [0, 0.1) is 5.92 Å². The first kappa shape index (κ1) is 27.6. The van der Waals surface area contributed by atoms with Crippen molar-refractivity contribution in [2.45, 2.75) is 17.9 Å². The van der Waals surface area contributed by atoms with Crippen LogP contribution in [0.4, 0.5) is 21.9 Å². The molecule has 0 heterocycles. The molecule has 2 atom stereocenters. The normalized spacial score (nSPS) is 12.5. The Hall–Kier alpha value is -3.95. The number of nitrogens with one attached hydrogen (secondary N) is 2. The number of para-hydroxylation sites is 2. The summed E-state index contributed by atoms with van der Waals surface area (Å²) in [6.07, 6.45) is 3.67. The fourth-order valence-electron chi connectivity index (χ4n) is 3.49. The summed E-state index contributed by atoms with van der Waals surface area (Å²) in [5.74, 6) is -0.208. The van der Waals surface area contributed by atoms with Crippen molar-refractivity contribution in [2.75, 3.05) is 35.8 Å². The van der Waals surface area contributed by atoms with E-state index in [0.717, 1.165) is 4.90 Å². The lowest BCUT2D eigenvalue weighted by molar-refractivity contribution is -0.111. The van der Waals surface area contributed by atoms with E-state index in [2.05, 4.69) is 10.6 Å². The van der Waals surface area contributed by atoms with Gasteiger partial charge in [0.25, 0.3) is 0 Å². The van der Waals surface area contributed by atoms with Gasteiger partial charge in [-0.3, -0.25) is 10.1 Å². The Balaban J connectivity index is 1.77. The highest BCUT2D eigenvalue weighted by molar-refractivity contribution is 7.98. The third kappa shape index (κ3) is 8.59. The first-order valence-corrected chi connectivity index (χ1v) is 12.9. The zero-order valence-electron chi connectivity index (χ0n) is 20.7. The summed E-state index contributed by atoms with van der Waals surface area (Å²) in [7, 11) is 0. The maximum Gasteiger partial charge on any atom is 0.412 e. The van der Waals surface area contributed by atoms with Gasteiger partial charge >= 0.3 is 6.09 Å². The van der Waals surface area contributed by atoms with Gasteiger partial charge in [0, 0.05) is 16.5 Å². The Bertz CT molecular complexity index is 1220. The Kier molecular flexibility index (Phi) is 10.4. The molecular weight excluding hydrogens is 490 g/mol. The average molecular weight is 522 g/mol. The van der Waals surface area contributed by atoms with Gasteiger partial charge in [-0.05, 0) is 66.4 Å². The van der Waals surface area contributed by atoms with Crippen molar-refractivity contribution in [1.82, 2.24) is 0 Å². The molecule has 0 aliphatic rings. The molecule has 5 N–H and O–H groups in total. The van der Waals surface area contributed by atoms with E-state index in [1.54, 1.807) is 72.4 Å². The second-order valence-electron chi connectivity index (χ2n) is 8.12. The molecular formula is C28H31N3O5S. The molecule has 0 bridgehead atoms. The molecule has 0 fully saturated rings. The molecule has 0 saturated heterocycles. The molecule has 2 amide bonds. The highest BCUT2D eigenvalue weighted by atomic mass is 32.2. The molecule has 0 aliphatic carbocycles. The third-order valence-electron chi connectivity index (χ3n) is 5.36. The summed E-state index contributed by atoms with van der Waals surface area (Å²) in [5.41, 5.74) is 8.15. The predicted molar refractivity (Wildman–Crippen MR) is 148 cm³/mol. The van der Waals surface area contributed by atoms with Crippen LogP contribution in [0.5, 0.6) is 5.75 Å². The summed E-state index contributed by atoms with van der Waals surface area (Å²) in [6.45, 7) is 1.86. The number of rotatable bonds is 11. The maximum atomic E-state index is 12.8. The molecule has 3 aromatic rings. The highest BCUT2D eigenvalue weighted by Gasteiger charge is 2.23. The van der Waals surface area contributed by atoms with Crippen LogP contribution in [0.25, 0.3) is 0 Å².